The molecule has 0 radical (unpaired) electrons. The van der Waals surface area contributed by atoms with Gasteiger partial charge in [0.25, 0.3) is 0 Å². The van der Waals surface area contributed by atoms with Crippen LogP contribution in [0.25, 0.3) is 0 Å². The van der Waals surface area contributed by atoms with Crippen LogP contribution in [0.15, 0.2) is 23.3 Å². The van der Waals surface area contributed by atoms with Crippen LogP contribution in [-0.4, -0.2) is 0 Å². The van der Waals surface area contributed by atoms with Crippen LogP contribution in [0.3, 0.4) is 0 Å². The highest BCUT2D eigenvalue weighted by Crippen LogP contribution is 2.42. The summed E-state index contributed by atoms with van der Waals surface area (Å²) in [6.07, 6.45) is 7.68. The molecule has 0 saturated heterocycles. The van der Waals surface area contributed by atoms with Gasteiger partial charge < -0.3 is 0 Å². The Labute approximate surface area is 75.4 Å². The first kappa shape index (κ1) is 8.10. The van der Waals surface area contributed by atoms with E-state index in [1.165, 1.54) is 12.8 Å². The van der Waals surface area contributed by atoms with Crippen molar-refractivity contribution in [3.63, 3.8) is 0 Å². The van der Waals surface area contributed by atoms with Gasteiger partial charge in [-0.05, 0) is 41.7 Å². The third kappa shape index (κ3) is 1.14. The molecule has 0 aliphatic heterocycles. The number of hydrogen-bond acceptors (Lipinski definition) is 0. The number of rotatable bonds is 0. The van der Waals surface area contributed by atoms with Crippen molar-refractivity contribution < 1.29 is 0 Å². The lowest BCUT2D eigenvalue weighted by molar-refractivity contribution is 0.459. The van der Waals surface area contributed by atoms with E-state index in [0.717, 1.165) is 11.8 Å². The molecule has 0 aromatic carbocycles. The van der Waals surface area contributed by atoms with Crippen molar-refractivity contribution in [2.24, 2.45) is 17.8 Å². The third-order valence-electron chi connectivity index (χ3n) is 3.31. The van der Waals surface area contributed by atoms with E-state index in [1.807, 2.05) is 0 Å². The van der Waals surface area contributed by atoms with Gasteiger partial charge in [0.15, 0.2) is 0 Å². The monoisotopic (exact) mass is 162 g/mol. The molecule has 0 aromatic rings. The van der Waals surface area contributed by atoms with Crippen LogP contribution in [0.5, 0.6) is 0 Å². The van der Waals surface area contributed by atoms with Gasteiger partial charge in [0, 0.05) is 0 Å². The van der Waals surface area contributed by atoms with Crippen LogP contribution in [0, 0.1) is 17.8 Å². The Kier molecular flexibility index (Phi) is 1.86. The molecular formula is C12H18. The fourth-order valence-corrected chi connectivity index (χ4v) is 2.52. The molecule has 2 aliphatic rings. The highest BCUT2D eigenvalue weighted by Gasteiger charge is 2.27. The molecule has 66 valence electrons. The number of allylic oxidation sites excluding steroid dienone is 4. The van der Waals surface area contributed by atoms with Crippen molar-refractivity contribution >= 4 is 0 Å². The van der Waals surface area contributed by atoms with E-state index in [-0.39, 0.29) is 0 Å². The van der Waals surface area contributed by atoms with E-state index in [1.54, 1.807) is 11.1 Å². The lowest BCUT2D eigenvalue weighted by atomic mass is 9.77. The zero-order chi connectivity index (χ0) is 8.72. The van der Waals surface area contributed by atoms with Gasteiger partial charge in [-0.15, -0.1) is 0 Å². The SMILES string of the molecule is CC1C=C2C(=C1)C(C)CCC2C. The number of fused-ring (bicyclic) bond motifs is 1. The summed E-state index contributed by atoms with van der Waals surface area (Å²) in [5, 5.41) is 0. The Hall–Kier alpha value is -0.520. The number of hydrogen-bond donors (Lipinski definition) is 0. The van der Waals surface area contributed by atoms with Crippen LogP contribution in [0.2, 0.25) is 0 Å². The first-order valence-electron chi connectivity index (χ1n) is 5.12. The Balaban J connectivity index is 2.32. The van der Waals surface area contributed by atoms with Gasteiger partial charge in [0.05, 0.1) is 0 Å². The molecule has 1 saturated carbocycles. The summed E-state index contributed by atoms with van der Waals surface area (Å²) < 4.78 is 0. The van der Waals surface area contributed by atoms with Crippen LogP contribution >= 0.6 is 0 Å². The molecule has 12 heavy (non-hydrogen) atoms. The van der Waals surface area contributed by atoms with Gasteiger partial charge in [-0.3, -0.25) is 0 Å². The maximum Gasteiger partial charge on any atom is -0.00698 e. The van der Waals surface area contributed by atoms with Crippen LogP contribution in [0.1, 0.15) is 33.6 Å². The summed E-state index contributed by atoms with van der Waals surface area (Å²) in [5.74, 6) is 2.33. The van der Waals surface area contributed by atoms with Crippen molar-refractivity contribution in [1.29, 1.82) is 0 Å². The molecule has 0 spiro atoms. The van der Waals surface area contributed by atoms with Crippen LogP contribution < -0.4 is 0 Å². The van der Waals surface area contributed by atoms with Gasteiger partial charge in [0.2, 0.25) is 0 Å². The highest BCUT2D eigenvalue weighted by molar-refractivity contribution is 5.42. The summed E-state index contributed by atoms with van der Waals surface area (Å²) in [6.45, 7) is 7.02. The first-order valence-corrected chi connectivity index (χ1v) is 5.12. The molecule has 0 heterocycles. The molecule has 2 aliphatic carbocycles. The average Bonchev–Trinajstić information content (AvgIpc) is 2.41. The molecule has 2 atom stereocenters. The molecule has 0 aromatic heterocycles. The molecule has 0 amide bonds. The topological polar surface area (TPSA) is 0 Å². The van der Waals surface area contributed by atoms with Crippen molar-refractivity contribution in [2.45, 2.75) is 33.6 Å². The minimum Gasteiger partial charge on any atom is -0.0741 e. The predicted molar refractivity (Wildman–Crippen MR) is 52.9 cm³/mol. The summed E-state index contributed by atoms with van der Waals surface area (Å²) >= 11 is 0. The lowest BCUT2D eigenvalue weighted by Crippen LogP contribution is -2.14. The maximum absolute atomic E-state index is 2.45. The molecule has 0 N–H and O–H groups in total. The molecular weight excluding hydrogens is 144 g/mol. The molecule has 2 rings (SSSR count). The molecule has 0 nitrogen and oxygen atoms in total. The summed E-state index contributed by atoms with van der Waals surface area (Å²) in [5.41, 5.74) is 3.31. The van der Waals surface area contributed by atoms with E-state index in [4.69, 9.17) is 0 Å². The largest absolute Gasteiger partial charge is 0.0741 e. The van der Waals surface area contributed by atoms with Gasteiger partial charge in [-0.25, -0.2) is 0 Å². The summed E-state index contributed by atoms with van der Waals surface area (Å²) in [6, 6.07) is 0. The third-order valence-corrected chi connectivity index (χ3v) is 3.31. The van der Waals surface area contributed by atoms with E-state index in [9.17, 15) is 0 Å². The second-order valence-electron chi connectivity index (χ2n) is 4.48. The second kappa shape index (κ2) is 2.76. The van der Waals surface area contributed by atoms with E-state index in [2.05, 4.69) is 32.9 Å². The van der Waals surface area contributed by atoms with E-state index >= 15 is 0 Å². The normalized spacial score (nSPS) is 40.4. The van der Waals surface area contributed by atoms with E-state index in [0.29, 0.717) is 5.92 Å². The minimum absolute atomic E-state index is 0.693. The van der Waals surface area contributed by atoms with Crippen molar-refractivity contribution in [3.05, 3.63) is 23.3 Å². The van der Waals surface area contributed by atoms with Crippen molar-refractivity contribution in [3.8, 4) is 0 Å². The Morgan fingerprint density at radius 1 is 0.917 bits per heavy atom. The Morgan fingerprint density at radius 3 is 1.75 bits per heavy atom. The van der Waals surface area contributed by atoms with Crippen molar-refractivity contribution in [2.75, 3.05) is 0 Å². The second-order valence-corrected chi connectivity index (χ2v) is 4.48. The molecule has 2 unspecified atom stereocenters. The maximum atomic E-state index is 2.45. The predicted octanol–water partition coefficient (Wildman–Crippen LogP) is 3.55. The molecule has 0 bridgehead atoms. The van der Waals surface area contributed by atoms with Crippen LogP contribution in [-0.2, 0) is 0 Å². The average molecular weight is 162 g/mol. The zero-order valence-electron chi connectivity index (χ0n) is 8.30. The first-order chi connectivity index (χ1) is 5.68. The molecule has 0 heteroatoms. The van der Waals surface area contributed by atoms with Crippen LogP contribution in [0.4, 0.5) is 0 Å². The Morgan fingerprint density at radius 2 is 1.33 bits per heavy atom. The lowest BCUT2D eigenvalue weighted by Gasteiger charge is -2.28. The summed E-state index contributed by atoms with van der Waals surface area (Å²) in [7, 11) is 0. The van der Waals surface area contributed by atoms with Crippen molar-refractivity contribution in [1.82, 2.24) is 0 Å². The van der Waals surface area contributed by atoms with E-state index < -0.39 is 0 Å². The highest BCUT2D eigenvalue weighted by atomic mass is 14.3. The van der Waals surface area contributed by atoms with Gasteiger partial charge in [-0.1, -0.05) is 32.9 Å². The molecule has 1 fully saturated rings. The smallest absolute Gasteiger partial charge is 0.00698 e. The fraction of sp³-hybridized carbons (Fsp3) is 0.667. The fourth-order valence-electron chi connectivity index (χ4n) is 2.52. The Bertz CT molecular complexity index is 219. The van der Waals surface area contributed by atoms with Gasteiger partial charge >= 0.3 is 0 Å². The standard InChI is InChI=1S/C12H18/c1-8-6-11-9(2)4-5-10(3)12(11)7-8/h6-10H,4-5H2,1-3H3. The minimum atomic E-state index is 0.693. The quantitative estimate of drug-likeness (QED) is 0.511. The van der Waals surface area contributed by atoms with Gasteiger partial charge in [0.1, 0.15) is 0 Å². The zero-order valence-corrected chi connectivity index (χ0v) is 8.30. The van der Waals surface area contributed by atoms with Gasteiger partial charge in [-0.2, -0.15) is 0 Å². The summed E-state index contributed by atoms with van der Waals surface area (Å²) in [4.78, 5) is 0.